The number of carbonyl (C=O) groups is 1. The molecule has 1 N–H and O–H groups in total. The number of nitrogens with zero attached hydrogens (tertiary/aromatic N) is 3. The predicted octanol–water partition coefficient (Wildman–Crippen LogP) is 1.87. The Morgan fingerprint density at radius 2 is 1.93 bits per heavy atom. The molecule has 0 radical (unpaired) electrons. The summed E-state index contributed by atoms with van der Waals surface area (Å²) < 4.78 is 11.9. The summed E-state index contributed by atoms with van der Waals surface area (Å²) in [4.78, 5) is 32.5. The van der Waals surface area contributed by atoms with Crippen LogP contribution in [0.25, 0.3) is 5.65 Å². The second-order valence-electron chi connectivity index (χ2n) is 6.30. The molecule has 9 heteroatoms. The molecule has 0 aliphatic carbocycles. The molecule has 152 valence electrons. The lowest BCUT2D eigenvalue weighted by molar-refractivity contribution is -0.118. The molecule has 1 aromatic carbocycles. The third-order valence-corrected chi connectivity index (χ3v) is 5.05. The molecule has 0 bridgehead atoms. The van der Waals surface area contributed by atoms with Gasteiger partial charge >= 0.3 is 5.69 Å². The first-order valence-electron chi connectivity index (χ1n) is 8.97. The minimum atomic E-state index is -0.407. The molecule has 0 spiro atoms. The van der Waals surface area contributed by atoms with Crippen LogP contribution in [-0.2, 0) is 11.2 Å². The maximum atomic E-state index is 12.1. The molecule has 0 saturated heterocycles. The Morgan fingerprint density at radius 3 is 2.69 bits per heavy atom. The summed E-state index contributed by atoms with van der Waals surface area (Å²) in [5.41, 5.74) is 2.07. The van der Waals surface area contributed by atoms with Crippen molar-refractivity contribution >= 4 is 23.3 Å². The molecule has 2 aromatic heterocycles. The summed E-state index contributed by atoms with van der Waals surface area (Å²) in [5, 5.41) is 3.14. The van der Waals surface area contributed by atoms with Crippen molar-refractivity contribution in [2.75, 3.05) is 26.5 Å². The Hall–Kier alpha value is -3.07. The van der Waals surface area contributed by atoms with E-state index in [1.54, 1.807) is 26.5 Å². The second-order valence-corrected chi connectivity index (χ2v) is 7.24. The van der Waals surface area contributed by atoms with Crippen LogP contribution in [0, 0.1) is 6.92 Å². The van der Waals surface area contributed by atoms with E-state index < -0.39 is 5.69 Å². The number of aryl methyl sites for hydroxylation is 1. The molecule has 0 unspecified atom stereocenters. The van der Waals surface area contributed by atoms with Crippen molar-refractivity contribution in [1.29, 1.82) is 0 Å². The lowest BCUT2D eigenvalue weighted by Crippen LogP contribution is -2.27. The third-order valence-electron chi connectivity index (χ3n) is 4.20. The fourth-order valence-electron chi connectivity index (χ4n) is 2.73. The van der Waals surface area contributed by atoms with Crippen LogP contribution < -0.4 is 20.5 Å². The first-order valence-corrected chi connectivity index (χ1v) is 9.96. The highest BCUT2D eigenvalue weighted by Crippen LogP contribution is 2.27. The lowest BCUT2D eigenvalue weighted by atomic mass is 10.1. The van der Waals surface area contributed by atoms with Crippen LogP contribution >= 0.6 is 11.8 Å². The van der Waals surface area contributed by atoms with Gasteiger partial charge in [-0.05, 0) is 42.7 Å². The van der Waals surface area contributed by atoms with Gasteiger partial charge in [0.2, 0.25) is 5.91 Å². The number of thioether (sulfide) groups is 1. The molecule has 3 aromatic rings. The van der Waals surface area contributed by atoms with Gasteiger partial charge in [0.25, 0.3) is 0 Å². The van der Waals surface area contributed by atoms with Crippen LogP contribution in [0.1, 0.15) is 11.1 Å². The molecule has 0 saturated carbocycles. The highest BCUT2D eigenvalue weighted by Gasteiger charge is 2.09. The van der Waals surface area contributed by atoms with Crippen LogP contribution in [0.5, 0.6) is 11.5 Å². The van der Waals surface area contributed by atoms with Gasteiger partial charge in [0, 0.05) is 12.7 Å². The minimum Gasteiger partial charge on any atom is -0.493 e. The normalized spacial score (nSPS) is 10.7. The number of pyridine rings is 1. The van der Waals surface area contributed by atoms with E-state index in [9.17, 15) is 9.59 Å². The third kappa shape index (κ3) is 5.26. The highest BCUT2D eigenvalue weighted by molar-refractivity contribution is 7.99. The number of nitrogens with one attached hydrogen (secondary N) is 1. The van der Waals surface area contributed by atoms with E-state index in [4.69, 9.17) is 9.47 Å². The average Bonchev–Trinajstić information content (AvgIpc) is 2.72. The second kappa shape index (κ2) is 9.42. The van der Waals surface area contributed by atoms with E-state index >= 15 is 0 Å². The Bertz CT molecular complexity index is 1080. The molecule has 1 amide bonds. The number of fused-ring (bicyclic) bond motifs is 1. The monoisotopic (exact) mass is 414 g/mol. The van der Waals surface area contributed by atoms with E-state index in [0.29, 0.717) is 30.1 Å². The molecule has 2 heterocycles. The fraction of sp³-hybridized carbons (Fsp3) is 0.300. The SMILES string of the molecule is COc1ccc(CCNC(=O)CSc2nc(=O)n3cc(C)ccc3n2)cc1OC. The number of rotatable bonds is 8. The van der Waals surface area contributed by atoms with Crippen LogP contribution in [0.2, 0.25) is 0 Å². The number of ether oxygens (including phenoxy) is 2. The number of methoxy groups -OCH3 is 2. The van der Waals surface area contributed by atoms with Gasteiger partial charge in [-0.25, -0.2) is 9.78 Å². The van der Waals surface area contributed by atoms with Gasteiger partial charge in [-0.15, -0.1) is 0 Å². The lowest BCUT2D eigenvalue weighted by Gasteiger charge is -2.10. The number of aromatic nitrogens is 3. The van der Waals surface area contributed by atoms with Crippen molar-refractivity contribution in [3.8, 4) is 11.5 Å². The van der Waals surface area contributed by atoms with E-state index in [1.807, 2.05) is 31.2 Å². The Kier molecular flexibility index (Phi) is 6.71. The van der Waals surface area contributed by atoms with Gasteiger partial charge in [0.05, 0.1) is 20.0 Å². The summed E-state index contributed by atoms with van der Waals surface area (Å²) in [6.45, 7) is 2.37. The summed E-state index contributed by atoms with van der Waals surface area (Å²) in [5.74, 6) is 1.30. The van der Waals surface area contributed by atoms with E-state index in [1.165, 1.54) is 4.40 Å². The van der Waals surface area contributed by atoms with E-state index in [2.05, 4.69) is 15.3 Å². The van der Waals surface area contributed by atoms with Gasteiger partial charge in [-0.2, -0.15) is 4.98 Å². The topological polar surface area (TPSA) is 94.8 Å². The molecule has 8 nitrogen and oxygen atoms in total. The number of amides is 1. The summed E-state index contributed by atoms with van der Waals surface area (Å²) in [7, 11) is 3.17. The van der Waals surface area contributed by atoms with Gasteiger partial charge < -0.3 is 14.8 Å². The van der Waals surface area contributed by atoms with Crippen molar-refractivity contribution < 1.29 is 14.3 Å². The minimum absolute atomic E-state index is 0.132. The Balaban J connectivity index is 1.52. The first-order chi connectivity index (χ1) is 14.0. The molecule has 0 aliphatic heterocycles. The van der Waals surface area contributed by atoms with Crippen molar-refractivity contribution in [2.24, 2.45) is 0 Å². The highest BCUT2D eigenvalue weighted by atomic mass is 32.2. The number of hydrogen-bond donors (Lipinski definition) is 1. The van der Waals surface area contributed by atoms with Gasteiger partial charge in [0.15, 0.2) is 16.7 Å². The average molecular weight is 414 g/mol. The Morgan fingerprint density at radius 1 is 1.14 bits per heavy atom. The molecule has 29 heavy (non-hydrogen) atoms. The van der Waals surface area contributed by atoms with Crippen molar-refractivity contribution in [3.63, 3.8) is 0 Å². The van der Waals surface area contributed by atoms with Crippen LogP contribution in [0.4, 0.5) is 0 Å². The molecule has 3 rings (SSSR count). The van der Waals surface area contributed by atoms with Gasteiger partial charge in [-0.3, -0.25) is 9.20 Å². The quantitative estimate of drug-likeness (QED) is 0.562. The summed E-state index contributed by atoms with van der Waals surface area (Å²) in [6.07, 6.45) is 2.34. The first kappa shape index (κ1) is 20.7. The molecular weight excluding hydrogens is 392 g/mol. The van der Waals surface area contributed by atoms with Gasteiger partial charge in [-0.1, -0.05) is 23.9 Å². The van der Waals surface area contributed by atoms with Gasteiger partial charge in [0.1, 0.15) is 5.65 Å². The smallest absolute Gasteiger partial charge is 0.355 e. The zero-order valence-corrected chi connectivity index (χ0v) is 17.3. The number of hydrogen-bond acceptors (Lipinski definition) is 7. The standard InChI is InChI=1S/C20H22N4O4S/c1-13-4-7-17-22-19(23-20(26)24(17)11-13)29-12-18(25)21-9-8-14-5-6-15(27-2)16(10-14)28-3/h4-7,10-11H,8-9,12H2,1-3H3,(H,21,25). The summed E-state index contributed by atoms with van der Waals surface area (Å²) >= 11 is 1.13. The molecular formula is C20H22N4O4S. The maximum absolute atomic E-state index is 12.1. The molecule has 0 atom stereocenters. The van der Waals surface area contributed by atoms with Crippen molar-refractivity contribution in [2.45, 2.75) is 18.5 Å². The number of benzene rings is 1. The van der Waals surface area contributed by atoms with Crippen molar-refractivity contribution in [3.05, 3.63) is 58.1 Å². The van der Waals surface area contributed by atoms with Crippen LogP contribution in [0.15, 0.2) is 46.5 Å². The maximum Gasteiger partial charge on any atom is 0.355 e. The van der Waals surface area contributed by atoms with E-state index in [0.717, 1.165) is 22.9 Å². The predicted molar refractivity (Wildman–Crippen MR) is 111 cm³/mol. The zero-order chi connectivity index (χ0) is 20.8. The van der Waals surface area contributed by atoms with Crippen LogP contribution in [-0.4, -0.2) is 46.8 Å². The molecule has 0 fully saturated rings. The Labute approximate surface area is 172 Å². The number of carbonyl (C=O) groups excluding carboxylic acids is 1. The zero-order valence-electron chi connectivity index (χ0n) is 16.5. The fourth-order valence-corrected chi connectivity index (χ4v) is 3.39. The van der Waals surface area contributed by atoms with Crippen LogP contribution in [0.3, 0.4) is 0 Å². The van der Waals surface area contributed by atoms with E-state index in [-0.39, 0.29) is 16.8 Å². The summed E-state index contributed by atoms with van der Waals surface area (Å²) in [6, 6.07) is 9.28. The largest absolute Gasteiger partial charge is 0.493 e. The van der Waals surface area contributed by atoms with Crippen molar-refractivity contribution in [1.82, 2.24) is 19.7 Å². The molecule has 0 aliphatic rings.